The lowest BCUT2D eigenvalue weighted by molar-refractivity contribution is -0.0388. The van der Waals surface area contributed by atoms with E-state index in [4.69, 9.17) is 4.74 Å². The highest BCUT2D eigenvalue weighted by Gasteiger charge is 2.34. The van der Waals surface area contributed by atoms with E-state index < -0.39 is 6.10 Å². The maximum absolute atomic E-state index is 12.1. The SMILES string of the molecule is O=c1cccc2n1C[C@H]1C[C@@H]2CN(C[C@H](O)COC2CCCCC2)C1. The number of pyridine rings is 1. The largest absolute Gasteiger partial charge is 0.389 e. The second-order valence-electron chi connectivity index (χ2n) is 8.16. The predicted molar refractivity (Wildman–Crippen MR) is 96.8 cm³/mol. The topological polar surface area (TPSA) is 54.7 Å². The summed E-state index contributed by atoms with van der Waals surface area (Å²) in [5.74, 6) is 0.922. The molecule has 0 aromatic carbocycles. The molecule has 1 aliphatic carbocycles. The highest BCUT2D eigenvalue weighted by atomic mass is 16.5. The second-order valence-corrected chi connectivity index (χ2v) is 8.16. The van der Waals surface area contributed by atoms with Crippen molar-refractivity contribution in [1.29, 1.82) is 0 Å². The molecule has 1 aromatic rings. The van der Waals surface area contributed by atoms with Crippen LogP contribution in [0.25, 0.3) is 0 Å². The van der Waals surface area contributed by atoms with Crippen molar-refractivity contribution in [3.63, 3.8) is 0 Å². The number of fused-ring (bicyclic) bond motifs is 4. The Morgan fingerprint density at radius 2 is 2.00 bits per heavy atom. The Morgan fingerprint density at radius 3 is 2.84 bits per heavy atom. The van der Waals surface area contributed by atoms with Crippen LogP contribution in [0.2, 0.25) is 0 Å². The molecule has 25 heavy (non-hydrogen) atoms. The number of hydrogen-bond donors (Lipinski definition) is 1. The van der Waals surface area contributed by atoms with Gasteiger partial charge in [0.25, 0.3) is 5.56 Å². The molecule has 0 amide bonds. The first kappa shape index (κ1) is 17.3. The molecule has 5 heteroatoms. The number of piperidine rings is 1. The molecule has 1 saturated heterocycles. The molecule has 1 aromatic heterocycles. The number of aliphatic hydroxyl groups excluding tert-OH is 1. The van der Waals surface area contributed by atoms with Crippen LogP contribution in [-0.2, 0) is 11.3 Å². The zero-order valence-corrected chi connectivity index (χ0v) is 15.0. The van der Waals surface area contributed by atoms with E-state index in [0.29, 0.717) is 31.1 Å². The fourth-order valence-corrected chi connectivity index (χ4v) is 4.97. The van der Waals surface area contributed by atoms with Crippen molar-refractivity contribution in [2.45, 2.75) is 63.2 Å². The van der Waals surface area contributed by atoms with Gasteiger partial charge in [0, 0.05) is 43.9 Å². The van der Waals surface area contributed by atoms with Gasteiger partial charge < -0.3 is 14.4 Å². The third-order valence-electron chi connectivity index (χ3n) is 6.10. The summed E-state index contributed by atoms with van der Waals surface area (Å²) in [6.07, 6.45) is 7.22. The van der Waals surface area contributed by atoms with Crippen molar-refractivity contribution in [1.82, 2.24) is 9.47 Å². The van der Waals surface area contributed by atoms with Gasteiger partial charge in [0.15, 0.2) is 0 Å². The number of nitrogens with zero attached hydrogens (tertiary/aromatic N) is 2. The van der Waals surface area contributed by atoms with E-state index in [-0.39, 0.29) is 5.56 Å². The Hall–Kier alpha value is -1.17. The van der Waals surface area contributed by atoms with Gasteiger partial charge in [-0.1, -0.05) is 25.3 Å². The van der Waals surface area contributed by atoms with Crippen molar-refractivity contribution in [2.24, 2.45) is 5.92 Å². The Labute approximate surface area is 149 Å². The van der Waals surface area contributed by atoms with Gasteiger partial charge in [-0.15, -0.1) is 0 Å². The summed E-state index contributed by atoms with van der Waals surface area (Å²) in [5.41, 5.74) is 1.29. The van der Waals surface area contributed by atoms with Crippen LogP contribution < -0.4 is 5.56 Å². The Kier molecular flexibility index (Phi) is 5.25. The minimum atomic E-state index is -0.418. The number of ether oxygens (including phenoxy) is 1. The van der Waals surface area contributed by atoms with E-state index in [0.717, 1.165) is 38.9 Å². The predicted octanol–water partition coefficient (Wildman–Crippen LogP) is 1.98. The van der Waals surface area contributed by atoms with Crippen LogP contribution in [0.3, 0.4) is 0 Å². The van der Waals surface area contributed by atoms with Crippen LogP contribution in [0.5, 0.6) is 0 Å². The molecule has 5 nitrogen and oxygen atoms in total. The first-order chi connectivity index (χ1) is 12.2. The fraction of sp³-hybridized carbons (Fsp3) is 0.750. The first-order valence-electron chi connectivity index (χ1n) is 9.91. The maximum atomic E-state index is 12.1. The lowest BCUT2D eigenvalue weighted by Gasteiger charge is -2.43. The van der Waals surface area contributed by atoms with Crippen molar-refractivity contribution >= 4 is 0 Å². The van der Waals surface area contributed by atoms with E-state index in [9.17, 15) is 9.90 Å². The molecule has 2 bridgehead atoms. The van der Waals surface area contributed by atoms with Gasteiger partial charge in [0.05, 0.1) is 18.8 Å². The fourth-order valence-electron chi connectivity index (χ4n) is 4.97. The maximum Gasteiger partial charge on any atom is 0.250 e. The van der Waals surface area contributed by atoms with E-state index in [1.54, 1.807) is 6.07 Å². The second kappa shape index (κ2) is 7.60. The third kappa shape index (κ3) is 3.99. The molecule has 0 spiro atoms. The standard InChI is InChI=1S/C20H30N2O3/c23-17(14-25-18-5-2-1-3-6-18)13-21-10-15-9-16(12-21)19-7-4-8-20(24)22(19)11-15/h4,7-8,15-18,23H,1-3,5-6,9-14H2/t15-,16+,17-/m0/s1. The van der Waals surface area contributed by atoms with Crippen molar-refractivity contribution in [2.75, 3.05) is 26.2 Å². The van der Waals surface area contributed by atoms with Crippen LogP contribution >= 0.6 is 0 Å². The van der Waals surface area contributed by atoms with Gasteiger partial charge in [-0.3, -0.25) is 9.69 Å². The summed E-state index contributed by atoms with van der Waals surface area (Å²) in [7, 11) is 0. The number of β-amino-alcohol motifs (C(OH)–C–C–N with tert-alkyl or cyclic N) is 1. The minimum Gasteiger partial charge on any atom is -0.389 e. The molecule has 3 aliphatic rings. The molecule has 3 heterocycles. The Bertz CT molecular complexity index is 638. The molecule has 2 aliphatic heterocycles. The van der Waals surface area contributed by atoms with E-state index in [1.165, 1.54) is 25.0 Å². The number of hydrogen-bond acceptors (Lipinski definition) is 4. The summed E-state index contributed by atoms with van der Waals surface area (Å²) in [5, 5.41) is 10.4. The van der Waals surface area contributed by atoms with Gasteiger partial charge in [0.1, 0.15) is 0 Å². The van der Waals surface area contributed by atoms with Crippen molar-refractivity contribution in [3.05, 3.63) is 34.2 Å². The molecule has 4 rings (SSSR count). The zero-order chi connectivity index (χ0) is 17.2. The first-order valence-corrected chi connectivity index (χ1v) is 9.91. The molecule has 1 N–H and O–H groups in total. The van der Waals surface area contributed by atoms with Crippen molar-refractivity contribution < 1.29 is 9.84 Å². The van der Waals surface area contributed by atoms with E-state index >= 15 is 0 Å². The average Bonchev–Trinajstić information content (AvgIpc) is 2.62. The Balaban J connectivity index is 1.32. The highest BCUT2D eigenvalue weighted by Crippen LogP contribution is 2.34. The number of aromatic nitrogens is 1. The van der Waals surface area contributed by atoms with Gasteiger partial charge in [-0.25, -0.2) is 0 Å². The van der Waals surface area contributed by atoms with Crippen molar-refractivity contribution in [3.8, 4) is 0 Å². The Morgan fingerprint density at radius 1 is 1.16 bits per heavy atom. The van der Waals surface area contributed by atoms with Crippen LogP contribution in [0.15, 0.2) is 23.0 Å². The number of aliphatic hydroxyl groups is 1. The normalized spacial score (nSPS) is 28.5. The van der Waals surface area contributed by atoms with Gasteiger partial charge in [0.2, 0.25) is 0 Å². The highest BCUT2D eigenvalue weighted by molar-refractivity contribution is 5.16. The smallest absolute Gasteiger partial charge is 0.250 e. The van der Waals surface area contributed by atoms with Crippen LogP contribution in [0, 0.1) is 5.92 Å². The summed E-state index contributed by atoms with van der Waals surface area (Å²) in [6.45, 7) is 3.85. The average molecular weight is 346 g/mol. The summed E-state index contributed by atoms with van der Waals surface area (Å²) in [4.78, 5) is 14.5. The van der Waals surface area contributed by atoms with Gasteiger partial charge in [-0.2, -0.15) is 0 Å². The van der Waals surface area contributed by atoms with Crippen LogP contribution in [0.1, 0.15) is 50.1 Å². The molecule has 0 unspecified atom stereocenters. The molecule has 138 valence electrons. The quantitative estimate of drug-likeness (QED) is 0.886. The van der Waals surface area contributed by atoms with Crippen LogP contribution in [-0.4, -0.2) is 53.0 Å². The zero-order valence-electron chi connectivity index (χ0n) is 15.0. The monoisotopic (exact) mass is 346 g/mol. The molecular weight excluding hydrogens is 316 g/mol. The molecule has 3 atom stereocenters. The minimum absolute atomic E-state index is 0.126. The van der Waals surface area contributed by atoms with Crippen LogP contribution in [0.4, 0.5) is 0 Å². The molecule has 0 radical (unpaired) electrons. The molecular formula is C20H30N2O3. The summed E-state index contributed by atoms with van der Waals surface area (Å²) < 4.78 is 7.89. The third-order valence-corrected chi connectivity index (χ3v) is 6.10. The van der Waals surface area contributed by atoms with Gasteiger partial charge in [-0.05, 0) is 31.2 Å². The summed E-state index contributed by atoms with van der Waals surface area (Å²) in [6, 6.07) is 5.63. The molecule has 2 fully saturated rings. The van der Waals surface area contributed by atoms with E-state index in [1.807, 2.05) is 10.6 Å². The summed E-state index contributed by atoms with van der Waals surface area (Å²) >= 11 is 0. The number of rotatable bonds is 5. The van der Waals surface area contributed by atoms with Gasteiger partial charge >= 0.3 is 0 Å². The lowest BCUT2D eigenvalue weighted by Crippen LogP contribution is -2.49. The lowest BCUT2D eigenvalue weighted by atomic mass is 9.83. The molecule has 1 saturated carbocycles. The number of likely N-dealkylation sites (tertiary alicyclic amines) is 1. The van der Waals surface area contributed by atoms with E-state index in [2.05, 4.69) is 11.0 Å².